The van der Waals surface area contributed by atoms with Crippen LogP contribution in [-0.2, 0) is 4.74 Å². The molecule has 0 saturated heterocycles. The summed E-state index contributed by atoms with van der Waals surface area (Å²) < 4.78 is 4.69. The average Bonchev–Trinajstić information content (AvgIpc) is 2.66. The molecule has 0 amide bonds. The monoisotopic (exact) mass is 304 g/mol. The van der Waals surface area contributed by atoms with Gasteiger partial charge in [0.2, 0.25) is 0 Å². The Balaban J connectivity index is -0.0000000161. The quantitative estimate of drug-likeness (QED) is 0.734. The fourth-order valence-electron chi connectivity index (χ4n) is 0.204. The third kappa shape index (κ3) is 2800. The number of hydrogen-bond donors (Lipinski definition) is 2. The Labute approximate surface area is 135 Å². The summed E-state index contributed by atoms with van der Waals surface area (Å²) >= 11 is 0. The van der Waals surface area contributed by atoms with E-state index in [1.54, 1.807) is 7.11 Å². The van der Waals surface area contributed by atoms with Crippen molar-refractivity contribution in [3.63, 3.8) is 0 Å². The standard InChI is InChI=1S/C4H10O.C2H6O2.6C2H4/c1-3-4-5-2;3-1-2-4;6*1-2/h3-4H2,1-2H3;3-4H,1-2H2;6*1-2H2. The van der Waals surface area contributed by atoms with E-state index in [0.717, 1.165) is 13.0 Å². The van der Waals surface area contributed by atoms with Crippen molar-refractivity contribution >= 4 is 0 Å². The number of ether oxygens (including phenoxy) is 1. The van der Waals surface area contributed by atoms with Gasteiger partial charge in [-0.25, -0.2) is 0 Å². The highest BCUT2D eigenvalue weighted by Crippen LogP contribution is 1.70. The molecule has 0 spiro atoms. The maximum Gasteiger partial charge on any atom is 0.0662 e. The van der Waals surface area contributed by atoms with Crippen LogP contribution in [0.3, 0.4) is 0 Å². The van der Waals surface area contributed by atoms with Gasteiger partial charge in [-0.05, 0) is 6.42 Å². The molecule has 21 heavy (non-hydrogen) atoms. The van der Waals surface area contributed by atoms with Gasteiger partial charge in [-0.3, -0.25) is 0 Å². The van der Waals surface area contributed by atoms with E-state index in [2.05, 4.69) is 85.9 Å². The van der Waals surface area contributed by atoms with Gasteiger partial charge >= 0.3 is 0 Å². The van der Waals surface area contributed by atoms with Crippen LogP contribution >= 0.6 is 0 Å². The summed E-state index contributed by atoms with van der Waals surface area (Å²) in [6.45, 7) is 38.7. The highest BCUT2D eigenvalue weighted by atomic mass is 16.5. The number of rotatable bonds is 3. The van der Waals surface area contributed by atoms with Gasteiger partial charge in [0.25, 0.3) is 0 Å². The van der Waals surface area contributed by atoms with E-state index in [1.165, 1.54) is 0 Å². The molecule has 0 unspecified atom stereocenters. The fourth-order valence-corrected chi connectivity index (χ4v) is 0.204. The van der Waals surface area contributed by atoms with Crippen LogP contribution in [0.4, 0.5) is 0 Å². The minimum atomic E-state index is -0.125. The molecule has 0 aromatic carbocycles. The van der Waals surface area contributed by atoms with Crippen molar-refractivity contribution in [1.29, 1.82) is 0 Å². The molecule has 0 radical (unpaired) electrons. The van der Waals surface area contributed by atoms with Crippen LogP contribution in [-0.4, -0.2) is 37.1 Å². The topological polar surface area (TPSA) is 49.7 Å². The van der Waals surface area contributed by atoms with Crippen LogP contribution in [0.1, 0.15) is 13.3 Å². The van der Waals surface area contributed by atoms with Gasteiger partial charge in [-0.1, -0.05) is 6.92 Å². The van der Waals surface area contributed by atoms with Crippen LogP contribution < -0.4 is 0 Å². The third-order valence-corrected chi connectivity index (χ3v) is 0.508. The molecule has 0 fully saturated rings. The molecule has 0 aliphatic rings. The van der Waals surface area contributed by atoms with Gasteiger partial charge in [0.05, 0.1) is 13.2 Å². The Kier molecular flexibility index (Phi) is 1200. The minimum absolute atomic E-state index is 0.125. The lowest BCUT2D eigenvalue weighted by atomic mass is 10.5. The zero-order valence-corrected chi connectivity index (χ0v) is 14.6. The highest BCUT2D eigenvalue weighted by Gasteiger charge is 1.66. The number of aliphatic hydroxyl groups excluding tert-OH is 2. The average molecular weight is 305 g/mol. The van der Waals surface area contributed by atoms with Crippen molar-refractivity contribution in [2.24, 2.45) is 0 Å². The second-order valence-corrected chi connectivity index (χ2v) is 1.44. The molecule has 0 atom stereocenters. The van der Waals surface area contributed by atoms with Gasteiger partial charge in [0.15, 0.2) is 0 Å². The lowest BCUT2D eigenvalue weighted by molar-refractivity contribution is 0.186. The fraction of sp³-hybridized carbons (Fsp3) is 0.333. The maximum absolute atomic E-state index is 7.62. The van der Waals surface area contributed by atoms with E-state index in [-0.39, 0.29) is 13.2 Å². The van der Waals surface area contributed by atoms with Crippen molar-refractivity contribution < 1.29 is 14.9 Å². The first-order valence-electron chi connectivity index (χ1n) is 6.04. The summed E-state index contributed by atoms with van der Waals surface area (Å²) in [5.41, 5.74) is 0. The first-order valence-corrected chi connectivity index (χ1v) is 6.04. The number of aliphatic hydroxyl groups is 2. The van der Waals surface area contributed by atoms with Crippen molar-refractivity contribution in [3.05, 3.63) is 78.9 Å². The minimum Gasteiger partial charge on any atom is -0.394 e. The second-order valence-electron chi connectivity index (χ2n) is 1.44. The summed E-state index contributed by atoms with van der Waals surface area (Å²) in [7, 11) is 1.71. The van der Waals surface area contributed by atoms with E-state index in [9.17, 15) is 0 Å². The van der Waals surface area contributed by atoms with Crippen LogP contribution in [0.25, 0.3) is 0 Å². The van der Waals surface area contributed by atoms with E-state index in [0.29, 0.717) is 0 Å². The Morgan fingerprint density at radius 1 is 0.619 bits per heavy atom. The number of hydrogen-bond acceptors (Lipinski definition) is 3. The normalized spacial score (nSPS) is 4.57. The molecule has 130 valence electrons. The molecule has 0 aliphatic heterocycles. The summed E-state index contributed by atoms with van der Waals surface area (Å²) in [5, 5.41) is 15.2. The highest BCUT2D eigenvalue weighted by molar-refractivity contribution is 4.23. The van der Waals surface area contributed by atoms with Crippen LogP contribution in [0.2, 0.25) is 0 Å². The zero-order chi connectivity index (χ0) is 19.5. The predicted molar refractivity (Wildman–Crippen MR) is 104 cm³/mol. The molecule has 3 heteroatoms. The van der Waals surface area contributed by atoms with Crippen molar-refractivity contribution in [1.82, 2.24) is 0 Å². The van der Waals surface area contributed by atoms with Crippen molar-refractivity contribution in [3.8, 4) is 0 Å². The van der Waals surface area contributed by atoms with Gasteiger partial charge in [0, 0.05) is 13.7 Å². The molecule has 0 aromatic heterocycles. The van der Waals surface area contributed by atoms with Gasteiger partial charge < -0.3 is 14.9 Å². The summed E-state index contributed by atoms with van der Waals surface area (Å²) in [5.74, 6) is 0. The van der Waals surface area contributed by atoms with E-state index < -0.39 is 0 Å². The molecule has 0 rings (SSSR count). The Hall–Kier alpha value is -1.68. The molecule has 0 saturated carbocycles. The van der Waals surface area contributed by atoms with E-state index in [1.807, 2.05) is 0 Å². The van der Waals surface area contributed by atoms with Crippen molar-refractivity contribution in [2.75, 3.05) is 26.9 Å². The maximum atomic E-state index is 7.62. The summed E-state index contributed by atoms with van der Waals surface area (Å²) in [6.07, 6.45) is 1.12. The smallest absolute Gasteiger partial charge is 0.0662 e. The SMILES string of the molecule is C=C.C=C.C=C.C=C.C=C.C=C.CCCOC.OCCO. The molecule has 2 N–H and O–H groups in total. The summed E-state index contributed by atoms with van der Waals surface area (Å²) in [6, 6.07) is 0. The Bertz CT molecular complexity index is 69.0. The Morgan fingerprint density at radius 3 is 0.810 bits per heavy atom. The van der Waals surface area contributed by atoms with Crippen LogP contribution in [0, 0.1) is 0 Å². The van der Waals surface area contributed by atoms with Gasteiger partial charge in [-0.2, -0.15) is 0 Å². The molecule has 0 aliphatic carbocycles. The third-order valence-electron chi connectivity index (χ3n) is 0.508. The van der Waals surface area contributed by atoms with Crippen LogP contribution in [0.15, 0.2) is 78.9 Å². The second kappa shape index (κ2) is 499. The largest absolute Gasteiger partial charge is 0.394 e. The zero-order valence-electron chi connectivity index (χ0n) is 14.6. The molecule has 0 aromatic rings. The summed E-state index contributed by atoms with van der Waals surface area (Å²) in [4.78, 5) is 0. The molecular weight excluding hydrogens is 264 g/mol. The lowest BCUT2D eigenvalue weighted by Crippen LogP contribution is -1.85. The molecular formula is C18H40O3. The predicted octanol–water partition coefficient (Wildman–Crippen LogP) is 4.83. The number of methoxy groups -OCH3 is 1. The first kappa shape index (κ1) is 50.6. The molecule has 3 nitrogen and oxygen atoms in total. The van der Waals surface area contributed by atoms with Gasteiger partial charge in [-0.15, -0.1) is 78.9 Å². The molecule has 0 bridgehead atoms. The van der Waals surface area contributed by atoms with Crippen LogP contribution in [0.5, 0.6) is 0 Å². The lowest BCUT2D eigenvalue weighted by Gasteiger charge is -1.84. The molecule has 0 heterocycles. The van der Waals surface area contributed by atoms with E-state index >= 15 is 0 Å². The van der Waals surface area contributed by atoms with E-state index in [4.69, 9.17) is 14.9 Å². The Morgan fingerprint density at radius 2 is 0.810 bits per heavy atom. The first-order chi connectivity index (χ1) is 10.3. The van der Waals surface area contributed by atoms with Crippen molar-refractivity contribution in [2.45, 2.75) is 13.3 Å². The van der Waals surface area contributed by atoms with Gasteiger partial charge in [0.1, 0.15) is 0 Å².